The number of fused-ring (bicyclic) bond motifs is 1. The molecule has 124 valence electrons. The summed E-state index contributed by atoms with van der Waals surface area (Å²) in [5.74, 6) is 0.0960. The molecule has 1 atom stereocenters. The van der Waals surface area contributed by atoms with Gasteiger partial charge in [0.2, 0.25) is 5.91 Å². The van der Waals surface area contributed by atoms with Gasteiger partial charge in [-0.1, -0.05) is 0 Å². The molecule has 23 heavy (non-hydrogen) atoms. The number of nitrogens with one attached hydrogen (secondary N) is 2. The fraction of sp³-hybridized carbons (Fsp3) is 0.562. The third kappa shape index (κ3) is 2.65. The maximum absolute atomic E-state index is 12.7. The lowest BCUT2D eigenvalue weighted by atomic mass is 10.0. The Morgan fingerprint density at radius 1 is 1.39 bits per heavy atom. The third-order valence-corrected chi connectivity index (χ3v) is 4.73. The second-order valence-electron chi connectivity index (χ2n) is 6.32. The zero-order chi connectivity index (χ0) is 16.7. The molecule has 7 heteroatoms. The lowest BCUT2D eigenvalue weighted by Crippen LogP contribution is -2.52. The van der Waals surface area contributed by atoms with Gasteiger partial charge < -0.3 is 10.2 Å². The van der Waals surface area contributed by atoms with E-state index in [-0.39, 0.29) is 17.5 Å². The van der Waals surface area contributed by atoms with Gasteiger partial charge in [-0.05, 0) is 31.9 Å². The first-order chi connectivity index (χ1) is 10.9. The van der Waals surface area contributed by atoms with Gasteiger partial charge in [-0.2, -0.15) is 0 Å². The van der Waals surface area contributed by atoms with Gasteiger partial charge in [0, 0.05) is 38.4 Å². The summed E-state index contributed by atoms with van der Waals surface area (Å²) in [4.78, 5) is 31.2. The average molecular weight is 317 g/mol. The van der Waals surface area contributed by atoms with E-state index in [2.05, 4.69) is 15.4 Å². The third-order valence-electron chi connectivity index (χ3n) is 4.73. The summed E-state index contributed by atoms with van der Waals surface area (Å²) in [6.07, 6.45) is 0.291. The van der Waals surface area contributed by atoms with E-state index < -0.39 is 0 Å². The van der Waals surface area contributed by atoms with E-state index in [9.17, 15) is 9.59 Å². The molecular weight excluding hydrogens is 294 g/mol. The summed E-state index contributed by atoms with van der Waals surface area (Å²) in [6, 6.07) is 0.189. The van der Waals surface area contributed by atoms with Gasteiger partial charge in [-0.3, -0.25) is 19.4 Å². The molecule has 2 aromatic heterocycles. The van der Waals surface area contributed by atoms with E-state index in [4.69, 9.17) is 0 Å². The molecule has 1 aliphatic heterocycles. The van der Waals surface area contributed by atoms with Gasteiger partial charge in [-0.15, -0.1) is 0 Å². The molecule has 0 bridgehead atoms. The van der Waals surface area contributed by atoms with E-state index in [1.54, 1.807) is 11.7 Å². The molecule has 0 aromatic carbocycles. The van der Waals surface area contributed by atoms with Gasteiger partial charge in [0.15, 0.2) is 5.65 Å². The van der Waals surface area contributed by atoms with E-state index in [1.807, 2.05) is 25.7 Å². The Bertz CT molecular complexity index is 820. The molecule has 0 saturated carbocycles. The van der Waals surface area contributed by atoms with E-state index >= 15 is 0 Å². The molecule has 7 nitrogen and oxygen atoms in total. The zero-order valence-corrected chi connectivity index (χ0v) is 14.1. The van der Waals surface area contributed by atoms with Crippen LogP contribution >= 0.6 is 0 Å². The highest BCUT2D eigenvalue weighted by Gasteiger charge is 2.25. The number of aryl methyl sites for hydroxylation is 3. The number of amides is 1. The first-order valence-electron chi connectivity index (χ1n) is 7.95. The SMILES string of the molecule is Cc1nc2c(c(C)c1CC(=O)N1CCNC[C@H]1C)c(=O)[nH]n2C. The smallest absolute Gasteiger partial charge is 0.273 e. The lowest BCUT2D eigenvalue weighted by Gasteiger charge is -2.34. The summed E-state index contributed by atoms with van der Waals surface area (Å²) in [7, 11) is 1.77. The highest BCUT2D eigenvalue weighted by Crippen LogP contribution is 2.21. The minimum absolute atomic E-state index is 0.0960. The van der Waals surface area contributed by atoms with Crippen molar-refractivity contribution in [2.45, 2.75) is 33.2 Å². The average Bonchev–Trinajstić information content (AvgIpc) is 2.78. The van der Waals surface area contributed by atoms with Crippen molar-refractivity contribution >= 4 is 16.9 Å². The molecule has 1 amide bonds. The highest BCUT2D eigenvalue weighted by molar-refractivity contribution is 5.85. The van der Waals surface area contributed by atoms with Crippen LogP contribution < -0.4 is 10.9 Å². The number of rotatable bonds is 2. The molecule has 1 fully saturated rings. The number of hydrogen-bond donors (Lipinski definition) is 2. The van der Waals surface area contributed by atoms with Gasteiger partial charge in [-0.25, -0.2) is 4.98 Å². The summed E-state index contributed by atoms with van der Waals surface area (Å²) in [5.41, 5.74) is 3.00. The van der Waals surface area contributed by atoms with Crippen molar-refractivity contribution in [2.24, 2.45) is 7.05 Å². The second kappa shape index (κ2) is 5.81. The normalized spacial score (nSPS) is 18.6. The number of aromatic amines is 1. The molecule has 0 radical (unpaired) electrons. The number of carbonyl (C=O) groups excluding carboxylic acids is 1. The van der Waals surface area contributed by atoms with Crippen LogP contribution in [0, 0.1) is 13.8 Å². The fourth-order valence-electron chi connectivity index (χ4n) is 3.37. The lowest BCUT2D eigenvalue weighted by molar-refractivity contribution is -0.133. The number of piperazine rings is 1. The van der Waals surface area contributed by atoms with Crippen LogP contribution in [0.3, 0.4) is 0 Å². The highest BCUT2D eigenvalue weighted by atomic mass is 16.2. The first kappa shape index (κ1) is 15.7. The van der Waals surface area contributed by atoms with Crippen molar-refractivity contribution in [3.63, 3.8) is 0 Å². The minimum atomic E-state index is -0.156. The predicted octanol–water partition coefficient (Wildman–Crippen LogP) is 0.241. The van der Waals surface area contributed by atoms with Crippen LogP contribution in [0.15, 0.2) is 4.79 Å². The van der Waals surface area contributed by atoms with Crippen LogP contribution in [0.2, 0.25) is 0 Å². The van der Waals surface area contributed by atoms with Crippen LogP contribution in [-0.2, 0) is 18.3 Å². The van der Waals surface area contributed by atoms with Crippen LogP contribution in [0.1, 0.15) is 23.7 Å². The Morgan fingerprint density at radius 3 is 2.83 bits per heavy atom. The molecule has 1 aliphatic rings. The Labute approximate surface area is 134 Å². The first-order valence-corrected chi connectivity index (χ1v) is 7.95. The van der Waals surface area contributed by atoms with Crippen molar-refractivity contribution in [3.05, 3.63) is 27.2 Å². The number of aromatic nitrogens is 3. The van der Waals surface area contributed by atoms with Crippen molar-refractivity contribution in [3.8, 4) is 0 Å². The van der Waals surface area contributed by atoms with Gasteiger partial charge in [0.25, 0.3) is 5.56 Å². The Hall–Kier alpha value is -2.15. The van der Waals surface area contributed by atoms with Crippen LogP contribution in [-0.4, -0.2) is 51.2 Å². The Balaban J connectivity index is 1.98. The number of pyridine rings is 1. The minimum Gasteiger partial charge on any atom is -0.337 e. The van der Waals surface area contributed by atoms with E-state index in [1.165, 1.54) is 0 Å². The van der Waals surface area contributed by atoms with Gasteiger partial charge in [0.1, 0.15) is 0 Å². The summed E-state index contributed by atoms with van der Waals surface area (Å²) in [5, 5.41) is 6.59. The van der Waals surface area contributed by atoms with E-state index in [0.29, 0.717) is 17.5 Å². The zero-order valence-electron chi connectivity index (χ0n) is 14.1. The van der Waals surface area contributed by atoms with Crippen LogP contribution in [0.25, 0.3) is 11.0 Å². The number of carbonyl (C=O) groups is 1. The molecule has 2 aromatic rings. The predicted molar refractivity (Wildman–Crippen MR) is 88.6 cm³/mol. The Kier molecular flexibility index (Phi) is 3.97. The van der Waals surface area contributed by atoms with Crippen molar-refractivity contribution in [1.29, 1.82) is 0 Å². The fourth-order valence-corrected chi connectivity index (χ4v) is 3.37. The van der Waals surface area contributed by atoms with Gasteiger partial charge >= 0.3 is 0 Å². The maximum atomic E-state index is 12.7. The molecule has 1 saturated heterocycles. The summed E-state index contributed by atoms with van der Waals surface area (Å²) in [6.45, 7) is 8.21. The van der Waals surface area contributed by atoms with Crippen molar-refractivity contribution in [1.82, 2.24) is 25.0 Å². The molecule has 0 unspecified atom stereocenters. The van der Waals surface area contributed by atoms with Crippen LogP contribution in [0.4, 0.5) is 0 Å². The monoisotopic (exact) mass is 317 g/mol. The standard InChI is InChI=1S/C16H23N5O2/c1-9-8-17-5-6-21(9)13(22)7-12-10(2)14-15(18-11(12)3)20(4)19-16(14)23/h9,17H,5-8H2,1-4H3,(H,19,23)/t9-/m1/s1. The number of hydrogen-bond acceptors (Lipinski definition) is 4. The van der Waals surface area contributed by atoms with Gasteiger partial charge in [0.05, 0.1) is 11.8 Å². The summed E-state index contributed by atoms with van der Waals surface area (Å²) >= 11 is 0. The topological polar surface area (TPSA) is 83.0 Å². The second-order valence-corrected chi connectivity index (χ2v) is 6.32. The molecule has 3 heterocycles. The Morgan fingerprint density at radius 2 is 2.13 bits per heavy atom. The quantitative estimate of drug-likeness (QED) is 0.831. The number of nitrogens with zero attached hydrogens (tertiary/aromatic N) is 3. The van der Waals surface area contributed by atoms with Crippen LogP contribution in [0.5, 0.6) is 0 Å². The number of H-pyrrole nitrogens is 1. The molecule has 0 spiro atoms. The molecule has 3 rings (SSSR count). The molecule has 0 aliphatic carbocycles. The summed E-state index contributed by atoms with van der Waals surface area (Å²) < 4.78 is 1.63. The maximum Gasteiger partial charge on any atom is 0.273 e. The largest absolute Gasteiger partial charge is 0.337 e. The molecule has 2 N–H and O–H groups in total. The van der Waals surface area contributed by atoms with E-state index in [0.717, 1.165) is 36.5 Å². The van der Waals surface area contributed by atoms with Crippen molar-refractivity contribution in [2.75, 3.05) is 19.6 Å². The molecular formula is C16H23N5O2. The van der Waals surface area contributed by atoms with Crippen molar-refractivity contribution < 1.29 is 4.79 Å².